The van der Waals surface area contributed by atoms with E-state index in [0.717, 1.165) is 22.9 Å². The minimum absolute atomic E-state index is 0.132. The zero-order valence-corrected chi connectivity index (χ0v) is 20.8. The van der Waals surface area contributed by atoms with Gasteiger partial charge in [0.05, 0.1) is 10.7 Å². The fraction of sp³-hybridized carbons (Fsp3) is 0.143. The Morgan fingerprint density at radius 1 is 1.08 bits per heavy atom. The number of para-hydroxylation sites is 1. The molecule has 8 nitrogen and oxygen atoms in total. The van der Waals surface area contributed by atoms with Gasteiger partial charge in [0, 0.05) is 35.1 Å². The van der Waals surface area contributed by atoms with E-state index in [1.54, 1.807) is 30.3 Å². The Kier molecular flexibility index (Phi) is 8.05. The summed E-state index contributed by atoms with van der Waals surface area (Å²) in [5.41, 5.74) is 9.55. The van der Waals surface area contributed by atoms with Gasteiger partial charge in [0.25, 0.3) is 0 Å². The van der Waals surface area contributed by atoms with Crippen molar-refractivity contribution in [2.24, 2.45) is 5.73 Å². The van der Waals surface area contributed by atoms with Crippen molar-refractivity contribution in [3.63, 3.8) is 0 Å². The van der Waals surface area contributed by atoms with Gasteiger partial charge in [-0.15, -0.1) is 0 Å². The first-order valence-corrected chi connectivity index (χ1v) is 11.9. The third-order valence-electron chi connectivity index (χ3n) is 5.96. The monoisotopic (exact) mass is 518 g/mol. The number of aliphatic hydroxyl groups excluding tert-OH is 2. The molecule has 1 saturated heterocycles. The number of hydrogen-bond donors (Lipinski definition) is 5. The number of nitrogens with zero attached hydrogens (tertiary/aromatic N) is 1. The molecule has 0 spiro atoms. The number of carbonyl (C=O) groups is 2. The molecule has 3 aromatic carbocycles. The predicted octanol–water partition coefficient (Wildman–Crippen LogP) is 3.50. The lowest BCUT2D eigenvalue weighted by atomic mass is 9.99. The van der Waals surface area contributed by atoms with E-state index in [2.05, 4.69) is 10.6 Å². The lowest BCUT2D eigenvalue weighted by molar-refractivity contribution is -0.113. The van der Waals surface area contributed by atoms with Gasteiger partial charge in [-0.25, -0.2) is 4.90 Å². The molecule has 9 heteroatoms. The molecular formula is C28H27ClN4O4. The second-order valence-electron chi connectivity index (χ2n) is 8.54. The Labute approximate surface area is 219 Å². The van der Waals surface area contributed by atoms with Gasteiger partial charge in [0.15, 0.2) is 18.4 Å². The number of carbonyl (C=O) groups excluding carboxylic acids is 2. The number of aryl methyl sites for hydroxylation is 1. The van der Waals surface area contributed by atoms with Gasteiger partial charge in [-0.2, -0.15) is 0 Å². The van der Waals surface area contributed by atoms with Gasteiger partial charge in [-0.1, -0.05) is 66.2 Å². The summed E-state index contributed by atoms with van der Waals surface area (Å²) in [6.07, 6.45) is 2.31. The van der Waals surface area contributed by atoms with Crippen molar-refractivity contribution in [1.82, 2.24) is 10.2 Å². The Bertz CT molecular complexity index is 1390. The number of nitrogens with two attached hydrogens (primary N) is 1. The second kappa shape index (κ2) is 11.4. The van der Waals surface area contributed by atoms with E-state index < -0.39 is 18.5 Å². The fourth-order valence-corrected chi connectivity index (χ4v) is 4.32. The molecule has 0 bridgehead atoms. The maximum Gasteiger partial charge on any atom is 0.243 e. The highest BCUT2D eigenvalue weighted by molar-refractivity contribution is 6.35. The summed E-state index contributed by atoms with van der Waals surface area (Å²) in [7, 11) is 0. The van der Waals surface area contributed by atoms with E-state index in [1.807, 2.05) is 55.5 Å². The van der Waals surface area contributed by atoms with Crippen molar-refractivity contribution in [2.75, 3.05) is 11.9 Å². The zero-order chi connectivity index (χ0) is 26.5. The predicted molar refractivity (Wildman–Crippen MR) is 144 cm³/mol. The summed E-state index contributed by atoms with van der Waals surface area (Å²) >= 11 is 6.49. The highest BCUT2D eigenvalue weighted by atomic mass is 35.5. The molecule has 2 atom stereocenters. The van der Waals surface area contributed by atoms with Crippen LogP contribution in [0.25, 0.3) is 6.08 Å². The molecule has 0 aliphatic carbocycles. The van der Waals surface area contributed by atoms with Gasteiger partial charge >= 0.3 is 0 Å². The number of aliphatic hydroxyl groups is 2. The third-order valence-corrected chi connectivity index (χ3v) is 6.27. The normalized spacial score (nSPS) is 18.8. The summed E-state index contributed by atoms with van der Waals surface area (Å²) in [5, 5.41) is 26.8. The molecule has 1 aliphatic rings. The standard InChI is InChI=1S/C28H27ClN4O4/c1-17-7-2-4-10-20(17)26(35)21-13-12-19(15-22(21)29)31-23-11-5-3-8-18(23)9-6-14-33-27(36)24(16-25(30)34)32-28(33)37/h2-13,15-16,27-28,31-32,36-37H,14H2,1H3,(H2,30,34)/b9-6+,24-16-. The van der Waals surface area contributed by atoms with Crippen LogP contribution in [0.15, 0.2) is 84.6 Å². The van der Waals surface area contributed by atoms with Gasteiger partial charge in [-0.3, -0.25) is 9.59 Å². The molecule has 1 amide bonds. The first-order valence-electron chi connectivity index (χ1n) is 11.6. The molecule has 4 rings (SSSR count). The van der Waals surface area contributed by atoms with Crippen LogP contribution in [0.2, 0.25) is 5.02 Å². The van der Waals surface area contributed by atoms with Crippen molar-refractivity contribution in [3.8, 4) is 0 Å². The summed E-state index contributed by atoms with van der Waals surface area (Å²) in [5.74, 6) is -0.855. The van der Waals surface area contributed by atoms with Gasteiger partial charge in [0.2, 0.25) is 5.91 Å². The zero-order valence-electron chi connectivity index (χ0n) is 20.1. The Morgan fingerprint density at radius 2 is 1.81 bits per heavy atom. The van der Waals surface area contributed by atoms with Crippen molar-refractivity contribution in [1.29, 1.82) is 0 Å². The molecule has 0 radical (unpaired) electrons. The van der Waals surface area contributed by atoms with Crippen molar-refractivity contribution >= 4 is 40.7 Å². The molecule has 0 aromatic heterocycles. The van der Waals surface area contributed by atoms with Crippen LogP contribution in [0.3, 0.4) is 0 Å². The fourth-order valence-electron chi connectivity index (χ4n) is 4.05. The third kappa shape index (κ3) is 6.07. The average Bonchev–Trinajstić information content (AvgIpc) is 3.12. The number of halogens is 1. The number of amides is 1. The molecule has 1 fully saturated rings. The lowest BCUT2D eigenvalue weighted by Gasteiger charge is -2.19. The minimum Gasteiger partial charge on any atom is -0.372 e. The highest BCUT2D eigenvalue weighted by Gasteiger charge is 2.33. The first kappa shape index (κ1) is 26.1. The van der Waals surface area contributed by atoms with Crippen LogP contribution in [0.5, 0.6) is 0 Å². The average molecular weight is 519 g/mol. The van der Waals surface area contributed by atoms with E-state index in [4.69, 9.17) is 17.3 Å². The lowest BCUT2D eigenvalue weighted by Crippen LogP contribution is -2.38. The van der Waals surface area contributed by atoms with E-state index >= 15 is 0 Å². The number of primary amides is 1. The van der Waals surface area contributed by atoms with Gasteiger partial charge in [-0.05, 0) is 42.3 Å². The van der Waals surface area contributed by atoms with E-state index in [1.165, 1.54) is 4.90 Å². The van der Waals surface area contributed by atoms with Crippen LogP contribution in [-0.4, -0.2) is 45.9 Å². The topological polar surface area (TPSA) is 128 Å². The van der Waals surface area contributed by atoms with Crippen LogP contribution in [0, 0.1) is 6.92 Å². The van der Waals surface area contributed by atoms with Crippen LogP contribution < -0.4 is 16.4 Å². The summed E-state index contributed by atoms with van der Waals surface area (Å²) in [4.78, 5) is 25.4. The molecule has 37 heavy (non-hydrogen) atoms. The van der Waals surface area contributed by atoms with Crippen molar-refractivity contribution in [2.45, 2.75) is 19.5 Å². The van der Waals surface area contributed by atoms with E-state index in [-0.39, 0.29) is 18.0 Å². The number of anilines is 2. The Hall–Kier alpha value is -3.95. The van der Waals surface area contributed by atoms with Crippen molar-refractivity contribution < 1.29 is 19.8 Å². The largest absolute Gasteiger partial charge is 0.372 e. The molecule has 1 aliphatic heterocycles. The maximum atomic E-state index is 13.0. The second-order valence-corrected chi connectivity index (χ2v) is 8.95. The summed E-state index contributed by atoms with van der Waals surface area (Å²) in [6, 6.07) is 20.2. The van der Waals surface area contributed by atoms with Crippen LogP contribution >= 0.6 is 11.6 Å². The Balaban J connectivity index is 1.48. The smallest absolute Gasteiger partial charge is 0.243 e. The molecule has 1 heterocycles. The molecule has 6 N–H and O–H groups in total. The van der Waals surface area contributed by atoms with Crippen molar-refractivity contribution in [3.05, 3.63) is 112 Å². The molecule has 3 aromatic rings. The number of benzene rings is 3. The summed E-state index contributed by atoms with van der Waals surface area (Å²) < 4.78 is 0. The summed E-state index contributed by atoms with van der Waals surface area (Å²) in [6.45, 7) is 2.08. The quantitative estimate of drug-likeness (QED) is 0.228. The van der Waals surface area contributed by atoms with Gasteiger partial charge < -0.3 is 26.6 Å². The molecular weight excluding hydrogens is 492 g/mol. The number of hydrogen-bond acceptors (Lipinski definition) is 7. The molecule has 0 saturated carbocycles. The van der Waals surface area contributed by atoms with Gasteiger partial charge in [0.1, 0.15) is 0 Å². The van der Waals surface area contributed by atoms with Crippen LogP contribution in [-0.2, 0) is 4.79 Å². The molecule has 2 unspecified atom stereocenters. The number of ketones is 1. The SMILES string of the molecule is Cc1ccccc1C(=O)c1ccc(Nc2ccccc2/C=C/CN2C(O)N/C(=C\C(N)=O)C2O)cc1Cl. The van der Waals surface area contributed by atoms with E-state index in [0.29, 0.717) is 21.8 Å². The Morgan fingerprint density at radius 3 is 2.54 bits per heavy atom. The number of nitrogens with one attached hydrogen (secondary N) is 2. The maximum absolute atomic E-state index is 13.0. The van der Waals surface area contributed by atoms with Crippen LogP contribution in [0.1, 0.15) is 27.0 Å². The molecule has 190 valence electrons. The van der Waals surface area contributed by atoms with Crippen LogP contribution in [0.4, 0.5) is 11.4 Å². The van der Waals surface area contributed by atoms with E-state index in [9.17, 15) is 19.8 Å². The minimum atomic E-state index is -1.19. The first-order chi connectivity index (χ1) is 17.7. The highest BCUT2D eigenvalue weighted by Crippen LogP contribution is 2.28. The number of rotatable bonds is 8.